The highest BCUT2D eigenvalue weighted by Gasteiger charge is 2.38. The summed E-state index contributed by atoms with van der Waals surface area (Å²) in [6.07, 6.45) is 7.30. The minimum absolute atomic E-state index is 0.0470. The van der Waals surface area contributed by atoms with Gasteiger partial charge >= 0.3 is 6.11 Å². The molecule has 0 unspecified atom stereocenters. The number of hydrogen-bond donors (Lipinski definition) is 0. The van der Waals surface area contributed by atoms with Gasteiger partial charge in [0.25, 0.3) is 0 Å². The van der Waals surface area contributed by atoms with E-state index in [4.69, 9.17) is 4.74 Å². The Morgan fingerprint density at radius 2 is 1.34 bits per heavy atom. The zero-order valence-corrected chi connectivity index (χ0v) is 26.4. The summed E-state index contributed by atoms with van der Waals surface area (Å²) in [6, 6.07) is 12.2. The summed E-state index contributed by atoms with van der Waals surface area (Å²) in [5, 5.41) is 0. The molecule has 4 aromatic rings. The number of halogens is 7. The molecular weight excluding hydrogens is 617 g/mol. The van der Waals surface area contributed by atoms with Crippen molar-refractivity contribution < 1.29 is 35.5 Å². The SMILES string of the molecule is CC=Cc1c(F)cc(-c2ccc(-c3ccc(OC(F)(F)c4ccc(C5CCC(CCCCC)CC5)cc4F)cc3F)cc2F)cc1F. The molecule has 248 valence electrons. The van der Waals surface area contributed by atoms with Crippen LogP contribution < -0.4 is 4.74 Å². The van der Waals surface area contributed by atoms with Gasteiger partial charge in [0.2, 0.25) is 0 Å². The van der Waals surface area contributed by atoms with Crippen LogP contribution in [-0.2, 0) is 6.11 Å². The van der Waals surface area contributed by atoms with Crippen LogP contribution >= 0.6 is 0 Å². The van der Waals surface area contributed by atoms with Gasteiger partial charge in [-0.05, 0) is 104 Å². The highest BCUT2D eigenvalue weighted by atomic mass is 19.3. The Hall–Kier alpha value is -4.07. The van der Waals surface area contributed by atoms with Gasteiger partial charge in [-0.15, -0.1) is 0 Å². The van der Waals surface area contributed by atoms with Crippen molar-refractivity contribution in [2.24, 2.45) is 5.92 Å². The third-order valence-corrected chi connectivity index (χ3v) is 9.03. The molecule has 1 aliphatic carbocycles. The van der Waals surface area contributed by atoms with Gasteiger partial charge in [-0.3, -0.25) is 0 Å². The molecule has 0 saturated heterocycles. The summed E-state index contributed by atoms with van der Waals surface area (Å²) < 4.78 is 109. The third-order valence-electron chi connectivity index (χ3n) is 9.03. The highest BCUT2D eigenvalue weighted by molar-refractivity contribution is 5.72. The zero-order valence-electron chi connectivity index (χ0n) is 26.4. The standard InChI is InChI=1S/C39H37F7O/c1-3-5-6-8-24-9-11-25(12-10-24)26-14-18-33(38(44)19-26)39(45,46)47-29-15-17-30(37(43)23-29)27-13-16-31(34(40)20-27)28-21-35(41)32(7-4-2)36(42)22-28/h4,7,13-25H,3,5-6,8-12H2,1-2H3. The Morgan fingerprint density at radius 1 is 0.702 bits per heavy atom. The predicted molar refractivity (Wildman–Crippen MR) is 172 cm³/mol. The fourth-order valence-electron chi connectivity index (χ4n) is 6.47. The molecule has 1 aliphatic rings. The number of hydrogen-bond acceptors (Lipinski definition) is 1. The lowest BCUT2D eigenvalue weighted by atomic mass is 9.77. The van der Waals surface area contributed by atoms with Crippen LogP contribution in [0.25, 0.3) is 28.3 Å². The van der Waals surface area contributed by atoms with Crippen molar-refractivity contribution in [2.45, 2.75) is 77.2 Å². The predicted octanol–water partition coefficient (Wildman–Crippen LogP) is 12.7. The van der Waals surface area contributed by atoms with Gasteiger partial charge < -0.3 is 4.74 Å². The van der Waals surface area contributed by atoms with E-state index in [0.717, 1.165) is 68.1 Å². The van der Waals surface area contributed by atoms with Gasteiger partial charge in [0.15, 0.2) is 0 Å². The van der Waals surface area contributed by atoms with E-state index in [0.29, 0.717) is 17.5 Å². The lowest BCUT2D eigenvalue weighted by molar-refractivity contribution is -0.187. The van der Waals surface area contributed by atoms with Crippen LogP contribution in [0, 0.1) is 35.0 Å². The second-order valence-corrected chi connectivity index (χ2v) is 12.3. The summed E-state index contributed by atoms with van der Waals surface area (Å²) >= 11 is 0. The van der Waals surface area contributed by atoms with Gasteiger partial charge in [-0.25, -0.2) is 22.0 Å². The van der Waals surface area contributed by atoms with Crippen LogP contribution in [0.3, 0.4) is 0 Å². The van der Waals surface area contributed by atoms with Crippen LogP contribution in [0.2, 0.25) is 0 Å². The fraction of sp³-hybridized carbons (Fsp3) is 0.333. The first-order valence-corrected chi connectivity index (χ1v) is 16.1. The molecule has 0 N–H and O–H groups in total. The maximum atomic E-state index is 15.1. The molecule has 0 radical (unpaired) electrons. The number of unbranched alkanes of at least 4 members (excludes halogenated alkanes) is 2. The van der Waals surface area contributed by atoms with Crippen molar-refractivity contribution in [3.05, 3.63) is 119 Å². The Balaban J connectivity index is 1.28. The Labute approximate surface area is 271 Å². The van der Waals surface area contributed by atoms with Crippen LogP contribution in [-0.4, -0.2) is 0 Å². The lowest BCUT2D eigenvalue weighted by Gasteiger charge is -2.29. The molecule has 0 amide bonds. The molecule has 1 fully saturated rings. The average Bonchev–Trinajstić information content (AvgIpc) is 3.03. The molecule has 0 atom stereocenters. The molecular formula is C39H37F7O. The third kappa shape index (κ3) is 7.91. The molecule has 5 rings (SSSR count). The van der Waals surface area contributed by atoms with Gasteiger partial charge in [-0.1, -0.05) is 63.0 Å². The van der Waals surface area contributed by atoms with Gasteiger partial charge in [0.05, 0.1) is 5.56 Å². The van der Waals surface area contributed by atoms with E-state index < -0.39 is 46.5 Å². The van der Waals surface area contributed by atoms with Gasteiger partial charge in [-0.2, -0.15) is 8.78 Å². The Morgan fingerprint density at radius 3 is 1.96 bits per heavy atom. The average molecular weight is 655 g/mol. The molecule has 4 aromatic carbocycles. The van der Waals surface area contributed by atoms with E-state index in [-0.39, 0.29) is 33.7 Å². The van der Waals surface area contributed by atoms with E-state index >= 15 is 22.0 Å². The molecule has 8 heteroatoms. The van der Waals surface area contributed by atoms with Crippen molar-refractivity contribution in [2.75, 3.05) is 0 Å². The van der Waals surface area contributed by atoms with Crippen LogP contribution in [0.15, 0.2) is 72.8 Å². The molecule has 0 spiro atoms. The quantitative estimate of drug-likeness (QED) is 0.116. The monoisotopic (exact) mass is 654 g/mol. The smallest absolute Gasteiger partial charge is 0.429 e. The van der Waals surface area contributed by atoms with Crippen molar-refractivity contribution in [1.82, 2.24) is 0 Å². The molecule has 1 saturated carbocycles. The van der Waals surface area contributed by atoms with Crippen molar-refractivity contribution in [1.29, 1.82) is 0 Å². The minimum atomic E-state index is -4.09. The summed E-state index contributed by atoms with van der Waals surface area (Å²) in [4.78, 5) is 0. The molecule has 0 heterocycles. The van der Waals surface area contributed by atoms with Crippen molar-refractivity contribution >= 4 is 6.08 Å². The van der Waals surface area contributed by atoms with Gasteiger partial charge in [0.1, 0.15) is 34.8 Å². The largest absolute Gasteiger partial charge is 0.429 e. The summed E-state index contributed by atoms with van der Waals surface area (Å²) in [5.41, 5.74) is -0.746. The summed E-state index contributed by atoms with van der Waals surface area (Å²) in [7, 11) is 0. The van der Waals surface area contributed by atoms with E-state index in [2.05, 4.69) is 6.92 Å². The van der Waals surface area contributed by atoms with Crippen LogP contribution in [0.1, 0.15) is 87.8 Å². The fourth-order valence-corrected chi connectivity index (χ4v) is 6.47. The van der Waals surface area contributed by atoms with Crippen LogP contribution in [0.4, 0.5) is 30.7 Å². The molecule has 1 nitrogen and oxygen atoms in total. The number of allylic oxidation sites excluding steroid dienone is 1. The first-order valence-electron chi connectivity index (χ1n) is 16.1. The van der Waals surface area contributed by atoms with E-state index in [1.165, 1.54) is 56.0 Å². The van der Waals surface area contributed by atoms with E-state index in [1.807, 2.05) is 0 Å². The number of ether oxygens (including phenoxy) is 1. The zero-order chi connectivity index (χ0) is 33.7. The maximum Gasteiger partial charge on any atom is 0.429 e. The lowest BCUT2D eigenvalue weighted by Crippen LogP contribution is -2.24. The van der Waals surface area contributed by atoms with Crippen molar-refractivity contribution in [3.63, 3.8) is 0 Å². The Bertz CT molecular complexity index is 1710. The van der Waals surface area contributed by atoms with Crippen LogP contribution in [0.5, 0.6) is 5.75 Å². The van der Waals surface area contributed by atoms with Crippen molar-refractivity contribution in [3.8, 4) is 28.0 Å². The maximum absolute atomic E-state index is 15.1. The molecule has 47 heavy (non-hydrogen) atoms. The van der Waals surface area contributed by atoms with E-state index in [1.54, 1.807) is 6.92 Å². The number of benzene rings is 4. The topological polar surface area (TPSA) is 9.23 Å². The second kappa shape index (κ2) is 14.8. The Kier molecular flexibility index (Phi) is 10.8. The first kappa shape index (κ1) is 34.3. The number of rotatable bonds is 11. The van der Waals surface area contributed by atoms with E-state index in [9.17, 15) is 8.78 Å². The number of alkyl halides is 2. The summed E-state index contributed by atoms with van der Waals surface area (Å²) in [5.74, 6) is -4.47. The summed E-state index contributed by atoms with van der Waals surface area (Å²) in [6.45, 7) is 3.78. The normalized spacial score (nSPS) is 17.0. The molecule has 0 bridgehead atoms. The highest BCUT2D eigenvalue weighted by Crippen LogP contribution is 2.41. The molecule has 0 aliphatic heterocycles. The molecule has 0 aromatic heterocycles. The first-order chi connectivity index (χ1) is 22.5. The second-order valence-electron chi connectivity index (χ2n) is 12.3. The minimum Gasteiger partial charge on any atom is -0.429 e. The van der Waals surface area contributed by atoms with Gasteiger partial charge in [0, 0.05) is 22.8 Å².